The lowest BCUT2D eigenvalue weighted by Gasteiger charge is -2.11. The number of benzene rings is 3. The molecule has 9 nitrogen and oxygen atoms in total. The third kappa shape index (κ3) is 5.75. The molecule has 1 aromatic heterocycles. The zero-order chi connectivity index (χ0) is 25.5. The van der Waals surface area contributed by atoms with Gasteiger partial charge in [0.15, 0.2) is 11.0 Å². The Hall–Kier alpha value is -4.09. The number of thioether (sulfide) groups is 1. The third-order valence-electron chi connectivity index (χ3n) is 5.24. The number of nitrogens with zero attached hydrogens (tertiary/aromatic N) is 4. The highest BCUT2D eigenvalue weighted by atomic mass is 32.2. The molecular weight excluding hydrogens is 485 g/mol. The monoisotopic (exact) mass is 507 g/mol. The molecule has 0 aliphatic rings. The Morgan fingerprint density at radius 2 is 1.81 bits per heavy atom. The number of hydrogen-bond acceptors (Lipinski definition) is 7. The number of methoxy groups -OCH3 is 1. The van der Waals surface area contributed by atoms with Crippen molar-refractivity contribution in [2.24, 2.45) is 0 Å². The fourth-order valence-corrected chi connectivity index (χ4v) is 4.30. The van der Waals surface area contributed by atoms with E-state index in [1.807, 2.05) is 12.1 Å². The number of ether oxygens (including phenoxy) is 1. The first kappa shape index (κ1) is 25.0. The SMILES string of the molecule is COCCNC(=O)c1ccc(CSc2nnc(-c3ccc([N+](=O)[O-])cc3)n2-c2ccccc2F)cc1. The number of aromatic nitrogens is 3. The van der Waals surface area contributed by atoms with E-state index in [2.05, 4.69) is 15.5 Å². The Bertz CT molecular complexity index is 1360. The number of non-ortho nitro benzene ring substituents is 1. The number of amides is 1. The molecule has 4 aromatic rings. The minimum atomic E-state index is -0.485. The first-order valence-corrected chi connectivity index (χ1v) is 11.9. The lowest BCUT2D eigenvalue weighted by atomic mass is 10.1. The molecule has 1 heterocycles. The van der Waals surface area contributed by atoms with Crippen LogP contribution in [0, 0.1) is 15.9 Å². The second kappa shape index (κ2) is 11.6. The molecular formula is C25H22FN5O4S. The first-order valence-electron chi connectivity index (χ1n) is 10.9. The Labute approximate surface area is 210 Å². The molecule has 1 amide bonds. The molecule has 0 saturated carbocycles. The van der Waals surface area contributed by atoms with Crippen LogP contribution in [0.1, 0.15) is 15.9 Å². The number of para-hydroxylation sites is 1. The molecule has 1 N–H and O–H groups in total. The molecule has 3 aromatic carbocycles. The Morgan fingerprint density at radius 3 is 2.47 bits per heavy atom. The largest absolute Gasteiger partial charge is 0.383 e. The highest BCUT2D eigenvalue weighted by Crippen LogP contribution is 2.31. The highest BCUT2D eigenvalue weighted by Gasteiger charge is 2.19. The number of carbonyl (C=O) groups is 1. The van der Waals surface area contributed by atoms with E-state index < -0.39 is 10.7 Å². The number of halogens is 1. The van der Waals surface area contributed by atoms with Crippen LogP contribution < -0.4 is 5.32 Å². The zero-order valence-electron chi connectivity index (χ0n) is 19.3. The van der Waals surface area contributed by atoms with Crippen LogP contribution >= 0.6 is 11.8 Å². The molecule has 0 unspecified atom stereocenters. The smallest absolute Gasteiger partial charge is 0.269 e. The van der Waals surface area contributed by atoms with Gasteiger partial charge in [0.05, 0.1) is 17.2 Å². The van der Waals surface area contributed by atoms with Crippen LogP contribution in [0.4, 0.5) is 10.1 Å². The second-order valence-corrected chi connectivity index (χ2v) is 8.57. The van der Waals surface area contributed by atoms with E-state index in [1.165, 1.54) is 30.0 Å². The lowest BCUT2D eigenvalue weighted by molar-refractivity contribution is -0.384. The average molecular weight is 508 g/mol. The fourth-order valence-electron chi connectivity index (χ4n) is 3.40. The van der Waals surface area contributed by atoms with Crippen molar-refractivity contribution in [2.45, 2.75) is 10.9 Å². The predicted octanol–water partition coefficient (Wildman–Crippen LogP) is 4.65. The summed E-state index contributed by atoms with van der Waals surface area (Å²) in [5, 5.41) is 22.8. The summed E-state index contributed by atoms with van der Waals surface area (Å²) in [7, 11) is 1.57. The van der Waals surface area contributed by atoms with E-state index in [9.17, 15) is 19.3 Å². The van der Waals surface area contributed by atoms with Gasteiger partial charge in [0, 0.05) is 42.7 Å². The number of hydrogen-bond donors (Lipinski definition) is 1. The Balaban J connectivity index is 1.58. The number of nitrogens with one attached hydrogen (secondary N) is 1. The molecule has 4 rings (SSSR count). The average Bonchev–Trinajstić information content (AvgIpc) is 3.32. The van der Waals surface area contributed by atoms with Crippen LogP contribution in [0.2, 0.25) is 0 Å². The number of carbonyl (C=O) groups excluding carboxylic acids is 1. The van der Waals surface area contributed by atoms with Gasteiger partial charge in [0.1, 0.15) is 5.82 Å². The number of rotatable bonds is 10. The maximum Gasteiger partial charge on any atom is 0.269 e. The van der Waals surface area contributed by atoms with Gasteiger partial charge < -0.3 is 10.1 Å². The summed E-state index contributed by atoms with van der Waals surface area (Å²) < 4.78 is 21.3. The molecule has 0 atom stereocenters. The minimum absolute atomic E-state index is 0.0545. The van der Waals surface area contributed by atoms with Gasteiger partial charge in [-0.25, -0.2) is 4.39 Å². The normalized spacial score (nSPS) is 10.8. The predicted molar refractivity (Wildman–Crippen MR) is 134 cm³/mol. The summed E-state index contributed by atoms with van der Waals surface area (Å²) >= 11 is 1.36. The molecule has 36 heavy (non-hydrogen) atoms. The molecule has 0 radical (unpaired) electrons. The molecule has 0 aliphatic heterocycles. The topological polar surface area (TPSA) is 112 Å². The lowest BCUT2D eigenvalue weighted by Crippen LogP contribution is -2.26. The maximum absolute atomic E-state index is 14.8. The van der Waals surface area contributed by atoms with Gasteiger partial charge in [-0.2, -0.15) is 0 Å². The summed E-state index contributed by atoms with van der Waals surface area (Å²) in [5.74, 6) is 0.225. The summed E-state index contributed by atoms with van der Waals surface area (Å²) in [6.45, 7) is 0.862. The van der Waals surface area contributed by atoms with Crippen molar-refractivity contribution in [2.75, 3.05) is 20.3 Å². The van der Waals surface area contributed by atoms with Gasteiger partial charge in [-0.05, 0) is 42.0 Å². The van der Waals surface area contributed by atoms with E-state index in [0.717, 1.165) is 5.56 Å². The standard InChI is InChI=1S/C25H22FN5O4S/c1-35-15-14-27-24(32)19-8-6-17(7-9-19)16-36-25-29-28-23(18-10-12-20(13-11-18)31(33)34)30(25)22-5-3-2-4-21(22)26/h2-13H,14-16H2,1H3,(H,27,32). The molecule has 0 aliphatic carbocycles. The van der Waals surface area contributed by atoms with Crippen molar-refractivity contribution in [3.63, 3.8) is 0 Å². The number of nitro groups is 1. The first-order chi connectivity index (χ1) is 17.5. The van der Waals surface area contributed by atoms with Gasteiger partial charge in [0.2, 0.25) is 0 Å². The summed E-state index contributed by atoms with van der Waals surface area (Å²) in [4.78, 5) is 22.7. The fraction of sp³-hybridized carbons (Fsp3) is 0.160. The maximum atomic E-state index is 14.8. The zero-order valence-corrected chi connectivity index (χ0v) is 20.1. The van der Waals surface area contributed by atoms with E-state index in [4.69, 9.17) is 4.74 Å². The molecule has 11 heteroatoms. The second-order valence-electron chi connectivity index (χ2n) is 7.63. The molecule has 0 bridgehead atoms. The van der Waals surface area contributed by atoms with E-state index >= 15 is 0 Å². The van der Waals surface area contributed by atoms with Crippen LogP contribution in [0.5, 0.6) is 0 Å². The summed E-state index contributed by atoms with van der Waals surface area (Å²) in [5.41, 5.74) is 2.25. The van der Waals surface area contributed by atoms with Gasteiger partial charge in [-0.3, -0.25) is 19.5 Å². The molecule has 0 spiro atoms. The molecule has 0 saturated heterocycles. The summed E-state index contributed by atoms with van der Waals surface area (Å²) in [6.07, 6.45) is 0. The van der Waals surface area contributed by atoms with Gasteiger partial charge in [-0.15, -0.1) is 10.2 Å². The summed E-state index contributed by atoms with van der Waals surface area (Å²) in [6, 6.07) is 19.3. The van der Waals surface area contributed by atoms with Crippen LogP contribution in [-0.2, 0) is 10.5 Å². The number of nitro benzene ring substituents is 1. The Kier molecular flexibility index (Phi) is 8.03. The Morgan fingerprint density at radius 1 is 1.08 bits per heavy atom. The van der Waals surface area contributed by atoms with Gasteiger partial charge in [0.25, 0.3) is 11.6 Å². The van der Waals surface area contributed by atoms with Crippen molar-refractivity contribution in [3.05, 3.63) is 99.9 Å². The van der Waals surface area contributed by atoms with Gasteiger partial charge >= 0.3 is 0 Å². The quantitative estimate of drug-likeness (QED) is 0.144. The van der Waals surface area contributed by atoms with Crippen LogP contribution in [0.3, 0.4) is 0 Å². The van der Waals surface area contributed by atoms with E-state index in [1.54, 1.807) is 54.1 Å². The third-order valence-corrected chi connectivity index (χ3v) is 6.24. The van der Waals surface area contributed by atoms with Crippen LogP contribution in [0.25, 0.3) is 17.1 Å². The van der Waals surface area contributed by atoms with Crippen molar-refractivity contribution in [1.29, 1.82) is 0 Å². The van der Waals surface area contributed by atoms with Gasteiger partial charge in [-0.1, -0.05) is 36.0 Å². The van der Waals surface area contributed by atoms with E-state index in [0.29, 0.717) is 41.0 Å². The van der Waals surface area contributed by atoms with Crippen LogP contribution in [0.15, 0.2) is 78.0 Å². The molecule has 184 valence electrons. The van der Waals surface area contributed by atoms with E-state index in [-0.39, 0.29) is 17.3 Å². The molecule has 0 fully saturated rings. The minimum Gasteiger partial charge on any atom is -0.383 e. The van der Waals surface area contributed by atoms with Crippen molar-refractivity contribution < 1.29 is 18.8 Å². The van der Waals surface area contributed by atoms with Crippen molar-refractivity contribution in [1.82, 2.24) is 20.1 Å². The van der Waals surface area contributed by atoms with Crippen molar-refractivity contribution >= 4 is 23.4 Å². The van der Waals surface area contributed by atoms with Crippen molar-refractivity contribution in [3.8, 4) is 17.1 Å². The van der Waals surface area contributed by atoms with Crippen LogP contribution in [-0.4, -0.2) is 45.9 Å². The highest BCUT2D eigenvalue weighted by molar-refractivity contribution is 7.98.